The number of rotatable bonds is 6. The van der Waals surface area contributed by atoms with Gasteiger partial charge in [-0.2, -0.15) is 0 Å². The minimum absolute atomic E-state index is 0. The van der Waals surface area contributed by atoms with Crippen molar-refractivity contribution in [2.45, 2.75) is 6.92 Å². The average molecular weight is 456 g/mol. The number of anilines is 1. The lowest BCUT2D eigenvalue weighted by molar-refractivity contribution is 0.0391. The fraction of sp³-hybridized carbons (Fsp3) is 0.444. The summed E-state index contributed by atoms with van der Waals surface area (Å²) >= 11 is 2.63. The van der Waals surface area contributed by atoms with E-state index in [2.05, 4.69) is 14.5 Å². The van der Waals surface area contributed by atoms with Gasteiger partial charge < -0.3 is 9.47 Å². The number of carbonyl (C=O) groups excluding carboxylic acids is 1. The molecule has 0 atom stereocenters. The lowest BCUT2D eigenvalue weighted by atomic mass is 10.3. The fourth-order valence-corrected chi connectivity index (χ4v) is 4.61. The van der Waals surface area contributed by atoms with E-state index >= 15 is 0 Å². The Balaban J connectivity index is 0.00000240. The molecule has 0 saturated carbocycles. The normalized spacial score (nSPS) is 14.6. The van der Waals surface area contributed by atoms with Crippen LogP contribution in [-0.4, -0.2) is 71.9 Å². The van der Waals surface area contributed by atoms with Crippen LogP contribution in [0.3, 0.4) is 0 Å². The van der Waals surface area contributed by atoms with E-state index < -0.39 is 0 Å². The molecule has 1 aliphatic heterocycles. The predicted molar refractivity (Wildman–Crippen MR) is 117 cm³/mol. The first-order chi connectivity index (χ1) is 13.7. The summed E-state index contributed by atoms with van der Waals surface area (Å²) < 4.78 is 15.6. The molecule has 3 aromatic rings. The Kier molecular flexibility index (Phi) is 7.36. The van der Waals surface area contributed by atoms with Gasteiger partial charge in [0.25, 0.3) is 5.91 Å². The van der Waals surface area contributed by atoms with Crippen LogP contribution < -0.4 is 9.64 Å². The zero-order valence-corrected chi connectivity index (χ0v) is 18.6. The van der Waals surface area contributed by atoms with Crippen molar-refractivity contribution in [2.24, 2.45) is 0 Å². The summed E-state index contributed by atoms with van der Waals surface area (Å²) in [6.07, 6.45) is 0. The van der Waals surface area contributed by atoms with Crippen LogP contribution in [0.5, 0.6) is 5.75 Å². The molecule has 1 aliphatic rings. The van der Waals surface area contributed by atoms with Crippen LogP contribution in [0.4, 0.5) is 5.13 Å². The minimum Gasteiger partial charge on any atom is -0.497 e. The van der Waals surface area contributed by atoms with Gasteiger partial charge in [0.15, 0.2) is 5.13 Å². The third kappa shape index (κ3) is 4.84. The number of carbonyl (C=O) groups is 1. The highest BCUT2D eigenvalue weighted by molar-refractivity contribution is 7.22. The molecular formula is C18H22ClN5O3S2. The molecule has 8 nitrogen and oxygen atoms in total. The van der Waals surface area contributed by atoms with Crippen LogP contribution in [0.2, 0.25) is 0 Å². The van der Waals surface area contributed by atoms with Crippen molar-refractivity contribution in [1.82, 2.24) is 19.5 Å². The summed E-state index contributed by atoms with van der Waals surface area (Å²) in [5, 5.41) is 4.67. The van der Waals surface area contributed by atoms with Gasteiger partial charge in [0.2, 0.25) is 0 Å². The third-order valence-electron chi connectivity index (χ3n) is 4.65. The van der Waals surface area contributed by atoms with Crippen molar-refractivity contribution < 1.29 is 14.3 Å². The second-order valence-electron chi connectivity index (χ2n) is 6.43. The molecule has 0 N–H and O–H groups in total. The SMILES string of the molecule is COc1ccc2sc(N(CCN3CCOCC3)C(=O)c3snnc3C)nc2c1.Cl. The van der Waals surface area contributed by atoms with E-state index in [1.165, 1.54) is 11.3 Å². The van der Waals surface area contributed by atoms with Crippen molar-refractivity contribution in [3.63, 3.8) is 0 Å². The van der Waals surface area contributed by atoms with E-state index in [0.29, 0.717) is 22.2 Å². The Morgan fingerprint density at radius 1 is 1.34 bits per heavy atom. The number of hydrogen-bond donors (Lipinski definition) is 0. The Morgan fingerprint density at radius 2 is 2.14 bits per heavy atom. The lowest BCUT2D eigenvalue weighted by Crippen LogP contribution is -2.43. The standard InChI is InChI=1S/C18H21N5O3S2.ClH/c1-12-16(28-21-20-12)17(24)23(6-5-22-7-9-26-10-8-22)18-19-14-11-13(25-2)3-4-15(14)27-18;/h3-4,11H,5-10H2,1-2H3;1H. The maximum absolute atomic E-state index is 13.3. The van der Waals surface area contributed by atoms with Crippen LogP contribution in [0.25, 0.3) is 10.2 Å². The molecule has 2 aromatic heterocycles. The van der Waals surface area contributed by atoms with Gasteiger partial charge in [-0.15, -0.1) is 17.5 Å². The van der Waals surface area contributed by atoms with E-state index in [4.69, 9.17) is 14.5 Å². The zero-order valence-electron chi connectivity index (χ0n) is 16.2. The fourth-order valence-electron chi connectivity index (χ4n) is 3.04. The quantitative estimate of drug-likeness (QED) is 0.565. The first-order valence-corrected chi connectivity index (χ1v) is 10.6. The number of methoxy groups -OCH3 is 1. The number of ether oxygens (including phenoxy) is 2. The van der Waals surface area contributed by atoms with Crippen molar-refractivity contribution in [1.29, 1.82) is 0 Å². The zero-order chi connectivity index (χ0) is 19.5. The molecule has 3 heterocycles. The molecule has 0 unspecified atom stereocenters. The van der Waals surface area contributed by atoms with Gasteiger partial charge >= 0.3 is 0 Å². The van der Waals surface area contributed by atoms with Crippen LogP contribution in [0.15, 0.2) is 18.2 Å². The van der Waals surface area contributed by atoms with Gasteiger partial charge in [-0.1, -0.05) is 15.8 Å². The highest BCUT2D eigenvalue weighted by atomic mass is 35.5. The van der Waals surface area contributed by atoms with Crippen LogP contribution in [-0.2, 0) is 4.74 Å². The lowest BCUT2D eigenvalue weighted by Gasteiger charge is -2.29. The van der Waals surface area contributed by atoms with Gasteiger partial charge in [-0.3, -0.25) is 14.6 Å². The predicted octanol–water partition coefficient (Wildman–Crippen LogP) is 2.87. The number of nitrogens with zero attached hydrogens (tertiary/aromatic N) is 5. The molecule has 1 amide bonds. The number of aryl methyl sites for hydroxylation is 1. The molecule has 29 heavy (non-hydrogen) atoms. The summed E-state index contributed by atoms with van der Waals surface area (Å²) in [7, 11) is 1.63. The first-order valence-electron chi connectivity index (χ1n) is 9.01. The Labute approximate surface area is 183 Å². The number of benzene rings is 1. The summed E-state index contributed by atoms with van der Waals surface area (Å²) in [5.41, 5.74) is 1.47. The van der Waals surface area contributed by atoms with Crippen LogP contribution in [0, 0.1) is 6.92 Å². The number of morpholine rings is 1. The maximum Gasteiger partial charge on any atom is 0.273 e. The van der Waals surface area contributed by atoms with Crippen LogP contribution in [0.1, 0.15) is 15.4 Å². The summed E-state index contributed by atoms with van der Waals surface area (Å²) in [6, 6.07) is 5.76. The average Bonchev–Trinajstić information content (AvgIpc) is 3.34. The van der Waals surface area contributed by atoms with E-state index in [0.717, 1.165) is 60.3 Å². The number of hydrogen-bond acceptors (Lipinski definition) is 9. The molecule has 4 rings (SSSR count). The van der Waals surface area contributed by atoms with E-state index in [1.807, 2.05) is 18.2 Å². The summed E-state index contributed by atoms with van der Waals surface area (Å²) in [5.74, 6) is 0.643. The summed E-state index contributed by atoms with van der Waals surface area (Å²) in [4.78, 5) is 22.6. The Bertz CT molecular complexity index is 973. The number of aromatic nitrogens is 3. The molecule has 1 fully saturated rings. The molecule has 0 radical (unpaired) electrons. The van der Waals surface area contributed by atoms with Crippen molar-refractivity contribution >= 4 is 56.5 Å². The Hall–Kier alpha value is -1.85. The molecule has 11 heteroatoms. The first kappa shape index (κ1) is 21.8. The molecule has 0 aliphatic carbocycles. The molecule has 0 bridgehead atoms. The second kappa shape index (κ2) is 9.77. The molecular weight excluding hydrogens is 434 g/mol. The van der Waals surface area contributed by atoms with Crippen molar-refractivity contribution in [3.8, 4) is 5.75 Å². The smallest absolute Gasteiger partial charge is 0.273 e. The largest absolute Gasteiger partial charge is 0.497 e. The molecule has 0 spiro atoms. The molecule has 1 aromatic carbocycles. The van der Waals surface area contributed by atoms with E-state index in [1.54, 1.807) is 18.9 Å². The Morgan fingerprint density at radius 3 is 2.83 bits per heavy atom. The van der Waals surface area contributed by atoms with Crippen molar-refractivity contribution in [3.05, 3.63) is 28.8 Å². The van der Waals surface area contributed by atoms with Gasteiger partial charge in [0, 0.05) is 32.2 Å². The van der Waals surface area contributed by atoms with E-state index in [9.17, 15) is 4.79 Å². The second-order valence-corrected chi connectivity index (χ2v) is 8.19. The van der Waals surface area contributed by atoms with Crippen LogP contribution >= 0.6 is 35.3 Å². The number of fused-ring (bicyclic) bond motifs is 1. The monoisotopic (exact) mass is 455 g/mol. The van der Waals surface area contributed by atoms with Gasteiger partial charge in [0.05, 0.1) is 36.2 Å². The number of halogens is 1. The molecule has 156 valence electrons. The highest BCUT2D eigenvalue weighted by Gasteiger charge is 2.26. The number of thiazole rings is 1. The third-order valence-corrected chi connectivity index (χ3v) is 6.52. The van der Waals surface area contributed by atoms with Gasteiger partial charge in [-0.25, -0.2) is 4.98 Å². The van der Waals surface area contributed by atoms with Gasteiger partial charge in [-0.05, 0) is 30.6 Å². The highest BCUT2D eigenvalue weighted by Crippen LogP contribution is 2.32. The molecule has 1 saturated heterocycles. The minimum atomic E-state index is -0.105. The summed E-state index contributed by atoms with van der Waals surface area (Å²) in [6.45, 7) is 6.33. The van der Waals surface area contributed by atoms with Crippen molar-refractivity contribution in [2.75, 3.05) is 51.4 Å². The van der Waals surface area contributed by atoms with Gasteiger partial charge in [0.1, 0.15) is 10.6 Å². The van der Waals surface area contributed by atoms with E-state index in [-0.39, 0.29) is 18.3 Å². The topological polar surface area (TPSA) is 80.7 Å². The number of amides is 1. The maximum atomic E-state index is 13.3.